The van der Waals surface area contributed by atoms with Gasteiger partial charge in [0.1, 0.15) is 12.8 Å². The predicted molar refractivity (Wildman–Crippen MR) is 61.6 cm³/mol. The van der Waals surface area contributed by atoms with E-state index < -0.39 is 18.3 Å². The second kappa shape index (κ2) is 5.29. The van der Waals surface area contributed by atoms with Gasteiger partial charge < -0.3 is 25.6 Å². The highest BCUT2D eigenvalue weighted by Crippen LogP contribution is 2.17. The van der Waals surface area contributed by atoms with Crippen LogP contribution < -0.4 is 11.1 Å². The first-order valence-corrected chi connectivity index (χ1v) is 5.42. The summed E-state index contributed by atoms with van der Waals surface area (Å²) in [5, 5.41) is 20.1. The summed E-state index contributed by atoms with van der Waals surface area (Å²) in [6, 6.07) is -0.636. The molecule has 5 N–H and O–H groups in total. The summed E-state index contributed by atoms with van der Waals surface area (Å²) in [7, 11) is 0. The van der Waals surface area contributed by atoms with Crippen molar-refractivity contribution in [2.24, 2.45) is 15.7 Å². The van der Waals surface area contributed by atoms with Gasteiger partial charge in [0.05, 0.1) is 19.6 Å². The van der Waals surface area contributed by atoms with E-state index >= 15 is 0 Å². The van der Waals surface area contributed by atoms with Crippen molar-refractivity contribution in [2.75, 3.05) is 19.9 Å². The minimum Gasteiger partial charge on any atom is -0.394 e. The van der Waals surface area contributed by atoms with Gasteiger partial charge in [-0.15, -0.1) is 0 Å². The molecule has 2 aliphatic rings. The van der Waals surface area contributed by atoms with Crippen LogP contribution in [0.25, 0.3) is 0 Å². The maximum atomic E-state index is 11.5. The SMILES string of the molecule is NC1=N[C@@H]2[C@H](N=CN2COC(CO)CO)C(=O)N1. The summed E-state index contributed by atoms with van der Waals surface area (Å²) in [5.74, 6) is -0.273. The van der Waals surface area contributed by atoms with Gasteiger partial charge in [-0.1, -0.05) is 0 Å². The number of aliphatic hydroxyl groups is 2. The van der Waals surface area contributed by atoms with Crippen LogP contribution in [-0.2, 0) is 9.53 Å². The Bertz CT molecular complexity index is 381. The number of ether oxygens (including phenoxy) is 1. The van der Waals surface area contributed by atoms with Crippen molar-refractivity contribution >= 4 is 18.2 Å². The molecule has 0 bridgehead atoms. The summed E-state index contributed by atoms with van der Waals surface area (Å²) < 4.78 is 5.24. The molecular weight excluding hydrogens is 242 g/mol. The van der Waals surface area contributed by atoms with Gasteiger partial charge in [-0.05, 0) is 0 Å². The number of hydrogen-bond donors (Lipinski definition) is 4. The highest BCUT2D eigenvalue weighted by molar-refractivity contribution is 6.02. The highest BCUT2D eigenvalue weighted by Gasteiger charge is 2.39. The number of rotatable bonds is 5. The minimum atomic E-state index is -0.670. The summed E-state index contributed by atoms with van der Waals surface area (Å²) in [6.45, 7) is -0.524. The smallest absolute Gasteiger partial charge is 0.255 e. The van der Waals surface area contributed by atoms with E-state index in [1.165, 1.54) is 6.34 Å². The Hall–Kier alpha value is -1.71. The van der Waals surface area contributed by atoms with E-state index in [-0.39, 0.29) is 31.8 Å². The van der Waals surface area contributed by atoms with Gasteiger partial charge in [-0.3, -0.25) is 15.1 Å². The molecule has 0 unspecified atom stereocenters. The first kappa shape index (κ1) is 12.7. The lowest BCUT2D eigenvalue weighted by Gasteiger charge is -2.28. The van der Waals surface area contributed by atoms with E-state index in [4.69, 9.17) is 20.7 Å². The Morgan fingerprint density at radius 2 is 2.28 bits per heavy atom. The number of amides is 1. The van der Waals surface area contributed by atoms with Gasteiger partial charge in [0.15, 0.2) is 18.2 Å². The van der Waals surface area contributed by atoms with Crippen LogP contribution >= 0.6 is 0 Å². The van der Waals surface area contributed by atoms with E-state index in [0.717, 1.165) is 0 Å². The largest absolute Gasteiger partial charge is 0.394 e. The molecule has 0 aliphatic carbocycles. The van der Waals surface area contributed by atoms with E-state index in [2.05, 4.69) is 15.3 Å². The molecule has 0 spiro atoms. The molecule has 0 saturated carbocycles. The van der Waals surface area contributed by atoms with Gasteiger partial charge in [0.2, 0.25) is 0 Å². The van der Waals surface area contributed by atoms with Crippen LogP contribution in [0.4, 0.5) is 0 Å². The van der Waals surface area contributed by atoms with Crippen molar-refractivity contribution in [2.45, 2.75) is 18.3 Å². The van der Waals surface area contributed by atoms with Crippen LogP contribution in [0.5, 0.6) is 0 Å². The molecule has 100 valence electrons. The Morgan fingerprint density at radius 1 is 1.56 bits per heavy atom. The lowest BCUT2D eigenvalue weighted by Crippen LogP contribution is -2.54. The summed E-state index contributed by atoms with van der Waals surface area (Å²) in [4.78, 5) is 21.2. The van der Waals surface area contributed by atoms with Crippen LogP contribution in [0.1, 0.15) is 0 Å². The minimum absolute atomic E-state index is 0.0395. The third kappa shape index (κ3) is 2.42. The van der Waals surface area contributed by atoms with Crippen LogP contribution in [0.2, 0.25) is 0 Å². The van der Waals surface area contributed by atoms with Crippen LogP contribution in [0.3, 0.4) is 0 Å². The third-order valence-electron chi connectivity index (χ3n) is 2.66. The Morgan fingerprint density at radius 3 is 2.94 bits per heavy atom. The van der Waals surface area contributed by atoms with Crippen molar-refractivity contribution in [1.82, 2.24) is 10.2 Å². The third-order valence-corrected chi connectivity index (χ3v) is 2.66. The fourth-order valence-electron chi connectivity index (χ4n) is 1.67. The Balaban J connectivity index is 1.97. The number of nitrogens with two attached hydrogens (primary N) is 1. The average molecular weight is 257 g/mol. The molecule has 0 aromatic heterocycles. The molecule has 2 aliphatic heterocycles. The second-order valence-corrected chi connectivity index (χ2v) is 3.92. The number of guanidine groups is 1. The number of nitrogens with zero attached hydrogens (tertiary/aromatic N) is 3. The molecule has 9 heteroatoms. The monoisotopic (exact) mass is 257 g/mol. The quantitative estimate of drug-likeness (QED) is 0.410. The summed E-state index contributed by atoms with van der Waals surface area (Å²) >= 11 is 0. The van der Waals surface area contributed by atoms with Gasteiger partial charge in [0, 0.05) is 0 Å². The predicted octanol–water partition coefficient (Wildman–Crippen LogP) is -3.20. The van der Waals surface area contributed by atoms with Crippen molar-refractivity contribution in [3.05, 3.63) is 0 Å². The topological polar surface area (TPSA) is 133 Å². The van der Waals surface area contributed by atoms with Crippen LogP contribution in [-0.4, -0.2) is 71.6 Å². The van der Waals surface area contributed by atoms with Crippen molar-refractivity contribution in [1.29, 1.82) is 0 Å². The number of fused-ring (bicyclic) bond motifs is 1. The normalized spacial score (nSPS) is 26.3. The Labute approximate surface area is 103 Å². The second-order valence-electron chi connectivity index (χ2n) is 3.92. The molecule has 2 heterocycles. The van der Waals surface area contributed by atoms with Crippen molar-refractivity contribution < 1.29 is 19.7 Å². The van der Waals surface area contributed by atoms with Gasteiger partial charge >= 0.3 is 0 Å². The maximum absolute atomic E-state index is 11.5. The number of carbonyl (C=O) groups excluding carboxylic acids is 1. The zero-order chi connectivity index (χ0) is 13.1. The molecule has 0 radical (unpaired) electrons. The standard InChI is InChI=1S/C9H15N5O4/c10-9-12-7-6(8(17)13-9)11-3-14(7)4-18-5(1-15)2-16/h3,5-7,15-16H,1-2,4H2,(H3,10,12,13,17)/t6-,7-/m0/s1. The highest BCUT2D eigenvalue weighted by atomic mass is 16.5. The Kier molecular flexibility index (Phi) is 3.75. The molecule has 2 rings (SSSR count). The number of aliphatic hydroxyl groups excluding tert-OH is 2. The molecule has 0 saturated heterocycles. The molecular formula is C9H15N5O4. The van der Waals surface area contributed by atoms with E-state index in [1.54, 1.807) is 4.90 Å². The van der Waals surface area contributed by atoms with Crippen molar-refractivity contribution in [3.63, 3.8) is 0 Å². The van der Waals surface area contributed by atoms with E-state index in [0.29, 0.717) is 0 Å². The van der Waals surface area contributed by atoms with Gasteiger partial charge in [-0.25, -0.2) is 4.99 Å². The van der Waals surface area contributed by atoms with E-state index in [1.807, 2.05) is 0 Å². The maximum Gasteiger partial charge on any atom is 0.255 e. The van der Waals surface area contributed by atoms with Crippen LogP contribution in [0, 0.1) is 0 Å². The number of carbonyl (C=O) groups is 1. The van der Waals surface area contributed by atoms with Gasteiger partial charge in [0.25, 0.3) is 5.91 Å². The van der Waals surface area contributed by atoms with E-state index in [9.17, 15) is 4.79 Å². The fourth-order valence-corrected chi connectivity index (χ4v) is 1.67. The first-order chi connectivity index (χ1) is 8.65. The zero-order valence-corrected chi connectivity index (χ0v) is 9.56. The number of hydrogen-bond acceptors (Lipinski definition) is 8. The molecule has 18 heavy (non-hydrogen) atoms. The molecule has 2 atom stereocenters. The summed E-state index contributed by atoms with van der Waals surface area (Å²) in [6.07, 6.45) is 0.246. The number of nitrogens with one attached hydrogen (secondary N) is 1. The number of aliphatic imine (C=N–C) groups is 2. The molecule has 0 fully saturated rings. The fraction of sp³-hybridized carbons (Fsp3) is 0.667. The molecule has 1 amide bonds. The average Bonchev–Trinajstić information content (AvgIpc) is 2.74. The van der Waals surface area contributed by atoms with Crippen LogP contribution in [0.15, 0.2) is 9.98 Å². The zero-order valence-electron chi connectivity index (χ0n) is 9.56. The van der Waals surface area contributed by atoms with Gasteiger partial charge in [-0.2, -0.15) is 0 Å². The lowest BCUT2D eigenvalue weighted by molar-refractivity contribution is -0.122. The molecule has 0 aromatic carbocycles. The lowest BCUT2D eigenvalue weighted by atomic mass is 10.2. The molecule has 9 nitrogen and oxygen atoms in total. The first-order valence-electron chi connectivity index (χ1n) is 5.42. The van der Waals surface area contributed by atoms with Crippen molar-refractivity contribution in [3.8, 4) is 0 Å². The summed E-state index contributed by atoms with van der Waals surface area (Å²) in [5.41, 5.74) is 5.47. The molecule has 0 aromatic rings.